The van der Waals surface area contributed by atoms with E-state index in [9.17, 15) is 0 Å². The third-order valence-corrected chi connectivity index (χ3v) is 3.89. The van der Waals surface area contributed by atoms with Gasteiger partial charge in [-0.2, -0.15) is 0 Å². The highest BCUT2D eigenvalue weighted by molar-refractivity contribution is 5.46. The number of anilines is 1. The van der Waals surface area contributed by atoms with E-state index in [1.165, 1.54) is 33.5 Å². The molecule has 0 saturated heterocycles. The van der Waals surface area contributed by atoms with Gasteiger partial charge < -0.3 is 10.2 Å². The summed E-state index contributed by atoms with van der Waals surface area (Å²) in [7, 11) is 4.18. The lowest BCUT2D eigenvalue weighted by atomic mass is 10.0. The molecule has 0 unspecified atom stereocenters. The second kappa shape index (κ2) is 6.77. The fourth-order valence-corrected chi connectivity index (χ4v) is 2.50. The molecule has 2 heteroatoms. The average Bonchev–Trinajstić information content (AvgIpc) is 2.42. The van der Waals surface area contributed by atoms with E-state index in [2.05, 4.69) is 81.5 Å². The second-order valence-corrected chi connectivity index (χ2v) is 6.15. The molecular weight excluding hydrogens is 256 g/mol. The maximum atomic E-state index is 3.52. The summed E-state index contributed by atoms with van der Waals surface area (Å²) in [6.45, 7) is 8.39. The molecule has 2 aromatic carbocycles. The molecule has 0 atom stereocenters. The van der Waals surface area contributed by atoms with Crippen LogP contribution in [-0.2, 0) is 13.1 Å². The first-order valence-electron chi connectivity index (χ1n) is 7.50. The monoisotopic (exact) mass is 282 g/mol. The molecule has 2 rings (SSSR count). The van der Waals surface area contributed by atoms with Crippen LogP contribution in [0.25, 0.3) is 0 Å². The Labute approximate surface area is 128 Å². The summed E-state index contributed by atoms with van der Waals surface area (Å²) < 4.78 is 0. The number of nitrogens with one attached hydrogen (secondary N) is 1. The van der Waals surface area contributed by atoms with Gasteiger partial charge in [0.25, 0.3) is 0 Å². The molecular formula is C19H26N2. The van der Waals surface area contributed by atoms with Crippen molar-refractivity contribution in [1.29, 1.82) is 0 Å². The maximum absolute atomic E-state index is 3.52. The molecule has 0 aromatic heterocycles. The Morgan fingerprint density at radius 2 is 1.48 bits per heavy atom. The van der Waals surface area contributed by atoms with Gasteiger partial charge in [0.05, 0.1) is 0 Å². The number of nitrogens with zero attached hydrogens (tertiary/aromatic N) is 1. The van der Waals surface area contributed by atoms with E-state index in [0.29, 0.717) is 0 Å². The van der Waals surface area contributed by atoms with Crippen molar-refractivity contribution in [2.24, 2.45) is 0 Å². The third kappa shape index (κ3) is 4.33. The molecule has 0 bridgehead atoms. The van der Waals surface area contributed by atoms with Crippen LogP contribution in [0.1, 0.15) is 27.8 Å². The van der Waals surface area contributed by atoms with E-state index in [1.54, 1.807) is 0 Å². The quantitative estimate of drug-likeness (QED) is 0.880. The first-order valence-corrected chi connectivity index (χ1v) is 7.50. The smallest absolute Gasteiger partial charge is 0.0403 e. The normalized spacial score (nSPS) is 11.0. The van der Waals surface area contributed by atoms with Crippen LogP contribution in [0.5, 0.6) is 0 Å². The molecule has 0 heterocycles. The Bertz CT molecular complexity index is 598. The van der Waals surface area contributed by atoms with Gasteiger partial charge in [0.1, 0.15) is 0 Å². The Kier molecular flexibility index (Phi) is 5.03. The largest absolute Gasteiger partial charge is 0.381 e. The standard InChI is InChI=1S/C19H26N2/c1-14-10-16(3)18(11-15(14)2)12-20-19-8-6-17(7-9-19)13-21(4)5/h6-11,20H,12-13H2,1-5H3. The van der Waals surface area contributed by atoms with Gasteiger partial charge in [-0.15, -0.1) is 0 Å². The second-order valence-electron chi connectivity index (χ2n) is 6.15. The number of hydrogen-bond acceptors (Lipinski definition) is 2. The van der Waals surface area contributed by atoms with Gasteiger partial charge in [0.15, 0.2) is 0 Å². The summed E-state index contributed by atoms with van der Waals surface area (Å²) in [4.78, 5) is 2.18. The zero-order valence-corrected chi connectivity index (χ0v) is 13.8. The van der Waals surface area contributed by atoms with Crippen LogP contribution in [-0.4, -0.2) is 19.0 Å². The Hall–Kier alpha value is -1.80. The van der Waals surface area contributed by atoms with Crippen LogP contribution >= 0.6 is 0 Å². The molecule has 0 aliphatic carbocycles. The van der Waals surface area contributed by atoms with Crippen LogP contribution in [0.2, 0.25) is 0 Å². The molecule has 0 radical (unpaired) electrons. The van der Waals surface area contributed by atoms with Crippen LogP contribution in [0.15, 0.2) is 36.4 Å². The summed E-state index contributed by atoms with van der Waals surface area (Å²) in [5, 5.41) is 3.52. The Balaban J connectivity index is 2.01. The van der Waals surface area contributed by atoms with E-state index in [0.717, 1.165) is 13.1 Å². The predicted octanol–water partition coefficient (Wildman–Crippen LogP) is 4.29. The van der Waals surface area contributed by atoms with Crippen molar-refractivity contribution in [3.05, 3.63) is 64.2 Å². The topological polar surface area (TPSA) is 15.3 Å². The van der Waals surface area contributed by atoms with Crippen molar-refractivity contribution >= 4 is 5.69 Å². The lowest BCUT2D eigenvalue weighted by Gasteiger charge is -2.13. The zero-order valence-electron chi connectivity index (χ0n) is 13.8. The van der Waals surface area contributed by atoms with Crippen molar-refractivity contribution in [3.8, 4) is 0 Å². The summed E-state index contributed by atoms with van der Waals surface area (Å²) in [5.41, 5.74) is 7.97. The minimum Gasteiger partial charge on any atom is -0.381 e. The summed E-state index contributed by atoms with van der Waals surface area (Å²) in [5.74, 6) is 0. The summed E-state index contributed by atoms with van der Waals surface area (Å²) in [6, 6.07) is 13.3. The molecule has 0 spiro atoms. The predicted molar refractivity (Wildman–Crippen MR) is 91.8 cm³/mol. The van der Waals surface area contributed by atoms with Gasteiger partial charge in [-0.25, -0.2) is 0 Å². The molecule has 0 aliphatic rings. The number of benzene rings is 2. The van der Waals surface area contributed by atoms with Crippen molar-refractivity contribution in [2.45, 2.75) is 33.9 Å². The van der Waals surface area contributed by atoms with Gasteiger partial charge >= 0.3 is 0 Å². The fourth-order valence-electron chi connectivity index (χ4n) is 2.50. The minimum absolute atomic E-state index is 0.875. The van der Waals surface area contributed by atoms with E-state index >= 15 is 0 Å². The van der Waals surface area contributed by atoms with Crippen LogP contribution < -0.4 is 5.32 Å². The summed E-state index contributed by atoms with van der Waals surface area (Å²) >= 11 is 0. The average molecular weight is 282 g/mol. The third-order valence-electron chi connectivity index (χ3n) is 3.89. The van der Waals surface area contributed by atoms with Gasteiger partial charge in [-0.05, 0) is 74.8 Å². The van der Waals surface area contributed by atoms with E-state index < -0.39 is 0 Å². The molecule has 112 valence electrons. The van der Waals surface area contributed by atoms with E-state index in [-0.39, 0.29) is 0 Å². The molecule has 21 heavy (non-hydrogen) atoms. The highest BCUT2D eigenvalue weighted by atomic mass is 15.0. The van der Waals surface area contributed by atoms with Gasteiger partial charge in [0.2, 0.25) is 0 Å². The Morgan fingerprint density at radius 1 is 0.857 bits per heavy atom. The van der Waals surface area contributed by atoms with Crippen LogP contribution in [0, 0.1) is 20.8 Å². The lowest BCUT2D eigenvalue weighted by molar-refractivity contribution is 0.402. The first kappa shape index (κ1) is 15.6. The van der Waals surface area contributed by atoms with Gasteiger partial charge in [0, 0.05) is 18.8 Å². The number of hydrogen-bond donors (Lipinski definition) is 1. The van der Waals surface area contributed by atoms with Crippen molar-refractivity contribution in [2.75, 3.05) is 19.4 Å². The van der Waals surface area contributed by atoms with Gasteiger partial charge in [-0.3, -0.25) is 0 Å². The highest BCUT2D eigenvalue weighted by Gasteiger charge is 2.02. The first-order chi connectivity index (χ1) is 9.95. The molecule has 0 amide bonds. The number of rotatable bonds is 5. The molecule has 0 fully saturated rings. The lowest BCUT2D eigenvalue weighted by Crippen LogP contribution is -2.10. The molecule has 2 aromatic rings. The van der Waals surface area contributed by atoms with Crippen LogP contribution in [0.4, 0.5) is 5.69 Å². The minimum atomic E-state index is 0.875. The van der Waals surface area contributed by atoms with Crippen molar-refractivity contribution in [1.82, 2.24) is 4.90 Å². The SMILES string of the molecule is Cc1cc(C)c(CNc2ccc(CN(C)C)cc2)cc1C. The van der Waals surface area contributed by atoms with E-state index in [1.807, 2.05) is 0 Å². The van der Waals surface area contributed by atoms with Crippen molar-refractivity contribution in [3.63, 3.8) is 0 Å². The van der Waals surface area contributed by atoms with Crippen LogP contribution in [0.3, 0.4) is 0 Å². The fraction of sp³-hybridized carbons (Fsp3) is 0.368. The maximum Gasteiger partial charge on any atom is 0.0403 e. The molecule has 1 N–H and O–H groups in total. The Morgan fingerprint density at radius 3 is 2.10 bits per heavy atom. The van der Waals surface area contributed by atoms with Crippen molar-refractivity contribution < 1.29 is 0 Å². The number of aryl methyl sites for hydroxylation is 3. The highest BCUT2D eigenvalue weighted by Crippen LogP contribution is 2.17. The molecule has 0 aliphatic heterocycles. The molecule has 0 saturated carbocycles. The zero-order chi connectivity index (χ0) is 15.4. The summed E-state index contributed by atoms with van der Waals surface area (Å²) in [6.07, 6.45) is 0. The van der Waals surface area contributed by atoms with E-state index in [4.69, 9.17) is 0 Å². The molecule has 2 nitrogen and oxygen atoms in total. The van der Waals surface area contributed by atoms with Gasteiger partial charge in [-0.1, -0.05) is 24.3 Å².